The van der Waals surface area contributed by atoms with Crippen LogP contribution >= 0.6 is 23.4 Å². The molecular formula is C29H27ClN2O4S. The Morgan fingerprint density at radius 2 is 1.54 bits per heavy atom. The molecule has 190 valence electrons. The molecule has 5 rings (SSSR count). The van der Waals surface area contributed by atoms with Crippen LogP contribution in [0.15, 0.2) is 91.0 Å². The summed E-state index contributed by atoms with van der Waals surface area (Å²) in [5.74, 6) is -1.35. The molecule has 2 amide bonds. The lowest BCUT2D eigenvalue weighted by Crippen LogP contribution is -2.70. The molecular weight excluding hydrogens is 508 g/mol. The standard InChI is InChI=1S/C29H27ClN2O4S/c1-19(33)31-27-29(17-30,18-32-25(34)23(26(32)37-27)20-11-5-2-6-12-20)28(35)36-24(21-13-7-3-8-14-21)22-15-9-4-10-16-22/h2-16,23-24,26-27H,17-18H2,1H3,(H,31,33)/t23?,26-,27?,29?/m1/s1. The summed E-state index contributed by atoms with van der Waals surface area (Å²) < 4.78 is 6.20. The molecule has 3 aromatic rings. The van der Waals surface area contributed by atoms with Gasteiger partial charge in [0.25, 0.3) is 0 Å². The number of hydrogen-bond acceptors (Lipinski definition) is 5. The van der Waals surface area contributed by atoms with Gasteiger partial charge in [-0.2, -0.15) is 0 Å². The van der Waals surface area contributed by atoms with Crippen LogP contribution in [-0.4, -0.2) is 45.9 Å². The van der Waals surface area contributed by atoms with Crippen molar-refractivity contribution in [2.75, 3.05) is 12.4 Å². The first kappa shape index (κ1) is 25.4. The Morgan fingerprint density at radius 1 is 1.00 bits per heavy atom. The van der Waals surface area contributed by atoms with Crippen molar-refractivity contribution in [3.8, 4) is 0 Å². The van der Waals surface area contributed by atoms with E-state index in [0.717, 1.165) is 16.7 Å². The lowest BCUT2D eigenvalue weighted by Gasteiger charge is -2.56. The van der Waals surface area contributed by atoms with Crippen LogP contribution in [0.3, 0.4) is 0 Å². The number of nitrogens with zero attached hydrogens (tertiary/aromatic N) is 1. The van der Waals surface area contributed by atoms with Gasteiger partial charge >= 0.3 is 5.97 Å². The first-order chi connectivity index (χ1) is 17.9. The predicted molar refractivity (Wildman–Crippen MR) is 144 cm³/mol. The third-order valence-corrected chi connectivity index (χ3v) is 9.06. The molecule has 3 unspecified atom stereocenters. The number of carbonyl (C=O) groups is 3. The van der Waals surface area contributed by atoms with Crippen LogP contribution in [0.5, 0.6) is 0 Å². The first-order valence-corrected chi connectivity index (χ1v) is 13.6. The molecule has 6 nitrogen and oxygen atoms in total. The van der Waals surface area contributed by atoms with Crippen LogP contribution in [0, 0.1) is 5.41 Å². The molecule has 2 heterocycles. The number of β-lactam (4-membered cyclic amide) rings is 1. The van der Waals surface area contributed by atoms with Gasteiger partial charge in [0.05, 0.1) is 16.7 Å². The molecule has 2 saturated heterocycles. The van der Waals surface area contributed by atoms with E-state index in [1.807, 2.05) is 91.0 Å². The van der Waals surface area contributed by atoms with Crippen LogP contribution < -0.4 is 5.32 Å². The number of thioether (sulfide) groups is 1. The van der Waals surface area contributed by atoms with Crippen molar-refractivity contribution in [1.82, 2.24) is 10.2 Å². The average molecular weight is 535 g/mol. The molecule has 0 aromatic heterocycles. The highest BCUT2D eigenvalue weighted by atomic mass is 35.5. The highest BCUT2D eigenvalue weighted by Crippen LogP contribution is 2.53. The van der Waals surface area contributed by atoms with E-state index < -0.39 is 22.9 Å². The summed E-state index contributed by atoms with van der Waals surface area (Å²) >= 11 is 7.90. The molecule has 37 heavy (non-hydrogen) atoms. The van der Waals surface area contributed by atoms with Gasteiger partial charge in [-0.3, -0.25) is 14.4 Å². The number of fused-ring (bicyclic) bond motifs is 1. The van der Waals surface area contributed by atoms with E-state index >= 15 is 0 Å². The molecule has 2 aliphatic rings. The molecule has 1 N–H and O–H groups in total. The van der Waals surface area contributed by atoms with Gasteiger partial charge in [0.15, 0.2) is 6.10 Å². The second-order valence-electron chi connectivity index (χ2n) is 9.36. The minimum atomic E-state index is -1.33. The van der Waals surface area contributed by atoms with Crippen LogP contribution in [0.4, 0.5) is 0 Å². The zero-order valence-electron chi connectivity index (χ0n) is 20.3. The molecule has 0 spiro atoms. The van der Waals surface area contributed by atoms with Gasteiger partial charge in [0.1, 0.15) is 5.41 Å². The number of ether oxygens (including phenoxy) is 1. The highest BCUT2D eigenvalue weighted by Gasteiger charge is 2.62. The normalized spacial score (nSPS) is 24.7. The summed E-state index contributed by atoms with van der Waals surface area (Å²) in [4.78, 5) is 41.2. The molecule has 3 aromatic carbocycles. The number of alkyl halides is 1. The van der Waals surface area contributed by atoms with Crippen LogP contribution in [-0.2, 0) is 19.1 Å². The maximum atomic E-state index is 14.0. The molecule has 4 atom stereocenters. The number of amides is 2. The van der Waals surface area contributed by atoms with Crippen molar-refractivity contribution in [1.29, 1.82) is 0 Å². The second-order valence-corrected chi connectivity index (χ2v) is 10.9. The van der Waals surface area contributed by atoms with Crippen molar-refractivity contribution >= 4 is 41.1 Å². The quantitative estimate of drug-likeness (QED) is 0.270. The van der Waals surface area contributed by atoms with E-state index in [4.69, 9.17) is 16.3 Å². The minimum absolute atomic E-state index is 0.0602. The summed E-state index contributed by atoms with van der Waals surface area (Å²) in [5, 5.41) is 2.05. The van der Waals surface area contributed by atoms with Crippen LogP contribution in [0.2, 0.25) is 0 Å². The Hall–Kier alpha value is -3.29. The fourth-order valence-electron chi connectivity index (χ4n) is 4.97. The fraction of sp³-hybridized carbons (Fsp3) is 0.276. The van der Waals surface area contributed by atoms with Crippen molar-refractivity contribution in [3.63, 3.8) is 0 Å². The van der Waals surface area contributed by atoms with Gasteiger partial charge in [0.2, 0.25) is 11.8 Å². The largest absolute Gasteiger partial charge is 0.452 e. The van der Waals surface area contributed by atoms with Crippen LogP contribution in [0.1, 0.15) is 35.6 Å². The number of hydrogen-bond donors (Lipinski definition) is 1. The van der Waals surface area contributed by atoms with E-state index in [9.17, 15) is 14.4 Å². The van der Waals surface area contributed by atoms with E-state index in [2.05, 4.69) is 5.32 Å². The lowest BCUT2D eigenvalue weighted by molar-refractivity contribution is -0.165. The van der Waals surface area contributed by atoms with Gasteiger partial charge in [-0.1, -0.05) is 91.0 Å². The van der Waals surface area contributed by atoms with Crippen molar-refractivity contribution in [2.45, 2.75) is 29.7 Å². The lowest BCUT2D eigenvalue weighted by atomic mass is 9.82. The Balaban J connectivity index is 1.47. The van der Waals surface area contributed by atoms with E-state index in [0.29, 0.717) is 0 Å². The summed E-state index contributed by atoms with van der Waals surface area (Å²) in [7, 11) is 0. The number of benzene rings is 3. The van der Waals surface area contributed by atoms with Gasteiger partial charge in [-0.05, 0) is 16.7 Å². The summed E-state index contributed by atoms with van der Waals surface area (Å²) in [5.41, 5.74) is 1.21. The van der Waals surface area contributed by atoms with Gasteiger partial charge in [-0.25, -0.2) is 0 Å². The monoisotopic (exact) mass is 534 g/mol. The Bertz CT molecular complexity index is 1240. The van der Waals surface area contributed by atoms with E-state index in [-0.39, 0.29) is 35.5 Å². The molecule has 0 saturated carbocycles. The number of carbonyl (C=O) groups excluding carboxylic acids is 3. The molecule has 0 bridgehead atoms. The number of esters is 1. The summed E-state index contributed by atoms with van der Waals surface area (Å²) in [6.07, 6.45) is -0.667. The fourth-order valence-corrected chi connectivity index (χ4v) is 7.19. The van der Waals surface area contributed by atoms with E-state index in [1.54, 1.807) is 4.90 Å². The Kier molecular flexibility index (Phi) is 7.26. The maximum absolute atomic E-state index is 14.0. The molecule has 8 heteroatoms. The van der Waals surface area contributed by atoms with Gasteiger partial charge in [0, 0.05) is 19.3 Å². The first-order valence-electron chi connectivity index (χ1n) is 12.1. The molecule has 2 fully saturated rings. The van der Waals surface area contributed by atoms with Gasteiger partial charge in [-0.15, -0.1) is 23.4 Å². The zero-order valence-corrected chi connectivity index (χ0v) is 21.8. The number of rotatable bonds is 7. The van der Waals surface area contributed by atoms with Gasteiger partial charge < -0.3 is 15.0 Å². The van der Waals surface area contributed by atoms with Crippen molar-refractivity contribution in [2.24, 2.45) is 5.41 Å². The van der Waals surface area contributed by atoms with E-state index in [1.165, 1.54) is 18.7 Å². The van der Waals surface area contributed by atoms with Crippen molar-refractivity contribution < 1.29 is 19.1 Å². The van der Waals surface area contributed by atoms with Crippen LogP contribution in [0.25, 0.3) is 0 Å². The summed E-state index contributed by atoms with van der Waals surface area (Å²) in [6.45, 7) is 1.48. The number of halogens is 1. The average Bonchev–Trinajstić information content (AvgIpc) is 2.93. The highest BCUT2D eigenvalue weighted by molar-refractivity contribution is 8.00. The Morgan fingerprint density at radius 3 is 2.05 bits per heavy atom. The maximum Gasteiger partial charge on any atom is 0.319 e. The topological polar surface area (TPSA) is 75.7 Å². The minimum Gasteiger partial charge on any atom is -0.452 e. The van der Waals surface area contributed by atoms with Crippen molar-refractivity contribution in [3.05, 3.63) is 108 Å². The predicted octanol–water partition coefficient (Wildman–Crippen LogP) is 4.71. The third kappa shape index (κ3) is 4.74. The SMILES string of the molecule is CC(=O)NC1S[C@@H]2C(c3ccccc3)C(=O)N2CC1(CCl)C(=O)OC(c1ccccc1)c1ccccc1. The Labute approximate surface area is 225 Å². The molecule has 2 aliphatic heterocycles. The molecule has 0 aliphatic carbocycles. The second kappa shape index (κ2) is 10.6. The third-order valence-electron chi connectivity index (χ3n) is 6.94. The zero-order chi connectivity index (χ0) is 26.0. The smallest absolute Gasteiger partial charge is 0.319 e. The molecule has 0 radical (unpaired) electrons. The summed E-state index contributed by atoms with van der Waals surface area (Å²) in [6, 6.07) is 28.5. The number of nitrogens with one attached hydrogen (secondary N) is 1.